The first-order chi connectivity index (χ1) is 4.79. The van der Waals surface area contributed by atoms with E-state index in [9.17, 15) is 9.90 Å². The number of benzene rings is 1. The van der Waals surface area contributed by atoms with Crippen molar-refractivity contribution in [2.45, 2.75) is 6.42 Å². The van der Waals surface area contributed by atoms with Crippen molar-refractivity contribution in [1.29, 1.82) is 0 Å². The molecular weight excluding hydrogens is 192 g/mol. The molecule has 0 fully saturated rings. The van der Waals surface area contributed by atoms with Gasteiger partial charge in [0.15, 0.2) is 0 Å². The Morgan fingerprint density at radius 1 is 1.27 bits per heavy atom. The van der Waals surface area contributed by atoms with Crippen molar-refractivity contribution < 1.29 is 27.0 Å². The Morgan fingerprint density at radius 2 is 1.82 bits per heavy atom. The van der Waals surface area contributed by atoms with Gasteiger partial charge >= 0.3 is 17.1 Å². The Bertz CT molecular complexity index is 221. The maximum absolute atomic E-state index is 10.1. The van der Waals surface area contributed by atoms with Crippen molar-refractivity contribution in [2.24, 2.45) is 0 Å². The van der Waals surface area contributed by atoms with E-state index < -0.39 is 5.97 Å². The van der Waals surface area contributed by atoms with Gasteiger partial charge in [-0.3, -0.25) is 0 Å². The minimum absolute atomic E-state index is 0. The van der Waals surface area contributed by atoms with Crippen LogP contribution in [0.5, 0.6) is 0 Å². The number of hydrogen-bond donors (Lipinski definition) is 0. The second-order valence-corrected chi connectivity index (χ2v) is 2.03. The summed E-state index contributed by atoms with van der Waals surface area (Å²) in [5.74, 6) is -1.04. The molecule has 1 rings (SSSR count). The number of carbonyl (C=O) groups is 1. The van der Waals surface area contributed by atoms with Crippen LogP contribution in [0, 0.1) is 0 Å². The first-order valence-electron chi connectivity index (χ1n) is 3.03. The SMILES string of the molecule is O=C([O-])Cc1ccccc1.[Cu+]. The molecule has 0 aromatic heterocycles. The van der Waals surface area contributed by atoms with Gasteiger partial charge in [0.1, 0.15) is 0 Å². The fourth-order valence-electron chi connectivity index (χ4n) is 0.763. The zero-order valence-corrected chi connectivity index (χ0v) is 6.65. The van der Waals surface area contributed by atoms with Crippen LogP contribution in [0.1, 0.15) is 5.56 Å². The van der Waals surface area contributed by atoms with Crippen LogP contribution in [0.15, 0.2) is 30.3 Å². The summed E-state index contributed by atoms with van der Waals surface area (Å²) in [7, 11) is 0. The van der Waals surface area contributed by atoms with Gasteiger partial charge in [-0.1, -0.05) is 30.3 Å². The second kappa shape index (κ2) is 4.94. The molecule has 0 amide bonds. The van der Waals surface area contributed by atoms with Gasteiger partial charge in [0.05, 0.1) is 0 Å². The minimum Gasteiger partial charge on any atom is -0.550 e. The van der Waals surface area contributed by atoms with E-state index in [4.69, 9.17) is 0 Å². The fourth-order valence-corrected chi connectivity index (χ4v) is 0.763. The van der Waals surface area contributed by atoms with Crippen molar-refractivity contribution in [2.75, 3.05) is 0 Å². The number of aliphatic carboxylic acids is 1. The maximum atomic E-state index is 10.1. The predicted octanol–water partition coefficient (Wildman–Crippen LogP) is -0.0235. The van der Waals surface area contributed by atoms with E-state index in [0.29, 0.717) is 0 Å². The molecule has 2 nitrogen and oxygen atoms in total. The molecule has 0 unspecified atom stereocenters. The Morgan fingerprint density at radius 3 is 2.27 bits per heavy atom. The molecule has 1 aromatic carbocycles. The predicted molar refractivity (Wildman–Crippen MR) is 35.2 cm³/mol. The molecule has 3 heteroatoms. The first kappa shape index (κ1) is 10.2. The molecule has 0 spiro atoms. The van der Waals surface area contributed by atoms with Crippen LogP contribution in [0.4, 0.5) is 0 Å². The van der Waals surface area contributed by atoms with Crippen LogP contribution in [-0.2, 0) is 28.3 Å². The first-order valence-corrected chi connectivity index (χ1v) is 3.03. The second-order valence-electron chi connectivity index (χ2n) is 2.03. The molecule has 0 saturated heterocycles. The van der Waals surface area contributed by atoms with Crippen LogP contribution >= 0.6 is 0 Å². The molecule has 11 heavy (non-hydrogen) atoms. The average molecular weight is 199 g/mol. The normalized spacial score (nSPS) is 8.36. The van der Waals surface area contributed by atoms with E-state index in [1.165, 1.54) is 0 Å². The fraction of sp³-hybridized carbons (Fsp3) is 0.125. The van der Waals surface area contributed by atoms with E-state index in [-0.39, 0.29) is 23.5 Å². The van der Waals surface area contributed by atoms with Crippen LogP contribution in [0.3, 0.4) is 0 Å². The van der Waals surface area contributed by atoms with Crippen molar-refractivity contribution in [3.63, 3.8) is 0 Å². The van der Waals surface area contributed by atoms with Crippen molar-refractivity contribution in [1.82, 2.24) is 0 Å². The van der Waals surface area contributed by atoms with E-state index in [2.05, 4.69) is 0 Å². The van der Waals surface area contributed by atoms with E-state index in [1.807, 2.05) is 6.07 Å². The Kier molecular flexibility index (Phi) is 4.58. The van der Waals surface area contributed by atoms with Gasteiger partial charge < -0.3 is 9.90 Å². The molecule has 62 valence electrons. The largest absolute Gasteiger partial charge is 1.00 e. The number of rotatable bonds is 2. The van der Waals surface area contributed by atoms with Crippen LogP contribution in [0.2, 0.25) is 0 Å². The summed E-state index contributed by atoms with van der Waals surface area (Å²) in [6.07, 6.45) is 0.000833. The van der Waals surface area contributed by atoms with E-state index in [1.54, 1.807) is 24.3 Å². The summed E-state index contributed by atoms with van der Waals surface area (Å²) in [6, 6.07) is 8.97. The third-order valence-corrected chi connectivity index (χ3v) is 1.19. The van der Waals surface area contributed by atoms with Crippen molar-refractivity contribution >= 4 is 5.97 Å². The summed E-state index contributed by atoms with van der Waals surface area (Å²) in [5, 5.41) is 10.1. The molecular formula is C8H7CuO2. The summed E-state index contributed by atoms with van der Waals surface area (Å²) in [4.78, 5) is 10.1. The molecule has 0 saturated carbocycles. The summed E-state index contributed by atoms with van der Waals surface area (Å²) in [6.45, 7) is 0. The van der Waals surface area contributed by atoms with Crippen LogP contribution < -0.4 is 5.11 Å². The van der Waals surface area contributed by atoms with Gasteiger partial charge in [0.2, 0.25) is 0 Å². The minimum atomic E-state index is -1.04. The molecule has 0 radical (unpaired) electrons. The van der Waals surface area contributed by atoms with Gasteiger partial charge in [-0.25, -0.2) is 0 Å². The van der Waals surface area contributed by atoms with Gasteiger partial charge in [-0.05, 0) is 5.56 Å². The summed E-state index contributed by atoms with van der Waals surface area (Å²) < 4.78 is 0. The molecule has 0 aliphatic heterocycles. The molecule has 0 bridgehead atoms. The summed E-state index contributed by atoms with van der Waals surface area (Å²) >= 11 is 0. The standard InChI is InChI=1S/C8H8O2.Cu/c9-8(10)6-7-4-2-1-3-5-7;/h1-5H,6H2,(H,9,10);/q;+1/p-1. The molecule has 1 aromatic rings. The number of carbonyl (C=O) groups excluding carboxylic acids is 1. The average Bonchev–Trinajstić information content (AvgIpc) is 1.88. The zero-order valence-electron chi connectivity index (χ0n) is 5.71. The van der Waals surface area contributed by atoms with Gasteiger partial charge in [0.25, 0.3) is 0 Å². The van der Waals surface area contributed by atoms with Gasteiger partial charge in [0, 0.05) is 12.4 Å². The topological polar surface area (TPSA) is 40.1 Å². The molecule has 0 N–H and O–H groups in total. The number of carboxylic acid groups (broad SMARTS) is 1. The van der Waals surface area contributed by atoms with Crippen molar-refractivity contribution in [3.8, 4) is 0 Å². The zero-order chi connectivity index (χ0) is 7.40. The quantitative estimate of drug-likeness (QED) is 0.627. The Labute approximate surface area is 75.7 Å². The number of carboxylic acids is 1. The van der Waals surface area contributed by atoms with Crippen molar-refractivity contribution in [3.05, 3.63) is 35.9 Å². The Hall–Kier alpha value is -0.791. The van der Waals surface area contributed by atoms with Gasteiger partial charge in [-0.2, -0.15) is 0 Å². The van der Waals surface area contributed by atoms with E-state index in [0.717, 1.165) is 5.56 Å². The van der Waals surface area contributed by atoms with Crippen LogP contribution in [-0.4, -0.2) is 5.97 Å². The van der Waals surface area contributed by atoms with Gasteiger partial charge in [-0.15, -0.1) is 0 Å². The molecule has 0 aliphatic rings. The van der Waals surface area contributed by atoms with E-state index >= 15 is 0 Å². The third-order valence-electron chi connectivity index (χ3n) is 1.19. The third kappa shape index (κ3) is 3.81. The molecule has 0 heterocycles. The molecule has 0 aliphatic carbocycles. The monoisotopic (exact) mass is 198 g/mol. The van der Waals surface area contributed by atoms with Crippen LogP contribution in [0.25, 0.3) is 0 Å². The maximum Gasteiger partial charge on any atom is 1.00 e. The Balaban J connectivity index is 0.000001000. The molecule has 0 atom stereocenters. The number of hydrogen-bond acceptors (Lipinski definition) is 2. The smallest absolute Gasteiger partial charge is 0.550 e. The summed E-state index contributed by atoms with van der Waals surface area (Å²) in [5.41, 5.74) is 0.780.